The number of hydrogen-bond donors (Lipinski definition) is 2. The minimum absolute atomic E-state index is 0. The zero-order valence-electron chi connectivity index (χ0n) is 17.5. The molecule has 9 heteroatoms. The molecule has 0 aliphatic carbocycles. The highest BCUT2D eigenvalue weighted by Crippen LogP contribution is 2.25. The summed E-state index contributed by atoms with van der Waals surface area (Å²) in [6.07, 6.45) is 4.43. The molecule has 3 heterocycles. The van der Waals surface area contributed by atoms with Crippen molar-refractivity contribution in [2.24, 2.45) is 4.99 Å². The van der Waals surface area contributed by atoms with Gasteiger partial charge in [0.1, 0.15) is 12.1 Å². The maximum atomic E-state index is 6.28. The number of benzene rings is 1. The summed E-state index contributed by atoms with van der Waals surface area (Å²) in [5.41, 5.74) is 2.99. The number of anilines is 1. The van der Waals surface area contributed by atoms with Crippen LogP contribution >= 0.6 is 35.6 Å². The van der Waals surface area contributed by atoms with Crippen LogP contribution in [0.4, 0.5) is 5.82 Å². The standard InChI is InChI=1S/C22H25ClN6O.HI/c1-15-5-7-16(8-6-15)21-27-18(14-30-21)12-26-22(24-2)28-17-9-11-29(13-17)20-19(23)4-3-10-25-20;/h3-8,10,14,17H,9,11-13H2,1-2H3,(H2,24,26,28);1H. The molecule has 2 N–H and O–H groups in total. The van der Waals surface area contributed by atoms with Crippen LogP contribution in [0, 0.1) is 6.92 Å². The highest BCUT2D eigenvalue weighted by molar-refractivity contribution is 14.0. The summed E-state index contributed by atoms with van der Waals surface area (Å²) in [6, 6.07) is 12.1. The van der Waals surface area contributed by atoms with Crippen molar-refractivity contribution in [2.75, 3.05) is 25.0 Å². The molecule has 164 valence electrons. The number of guanidine groups is 1. The first-order chi connectivity index (χ1) is 14.6. The number of aliphatic imine (C=N–C) groups is 1. The molecular formula is C22H26ClIN6O. The van der Waals surface area contributed by atoms with Gasteiger partial charge in [-0.1, -0.05) is 29.3 Å². The predicted molar refractivity (Wildman–Crippen MR) is 135 cm³/mol. The van der Waals surface area contributed by atoms with Gasteiger partial charge in [0.15, 0.2) is 5.96 Å². The molecule has 1 aromatic carbocycles. The lowest BCUT2D eigenvalue weighted by Crippen LogP contribution is -2.44. The lowest BCUT2D eigenvalue weighted by Gasteiger charge is -2.20. The number of aromatic nitrogens is 2. The average molecular weight is 553 g/mol. The molecule has 0 radical (unpaired) electrons. The van der Waals surface area contributed by atoms with Crippen LogP contribution in [0.1, 0.15) is 17.7 Å². The Morgan fingerprint density at radius 2 is 2.10 bits per heavy atom. The van der Waals surface area contributed by atoms with Gasteiger partial charge in [0, 0.05) is 37.9 Å². The molecule has 0 saturated carbocycles. The van der Waals surface area contributed by atoms with Crippen LogP contribution in [0.25, 0.3) is 11.5 Å². The molecule has 7 nitrogen and oxygen atoms in total. The Labute approximate surface area is 204 Å². The summed E-state index contributed by atoms with van der Waals surface area (Å²) in [4.78, 5) is 15.5. The molecule has 1 fully saturated rings. The topological polar surface area (TPSA) is 78.6 Å². The lowest BCUT2D eigenvalue weighted by atomic mass is 10.1. The quantitative estimate of drug-likeness (QED) is 0.280. The first-order valence-corrected chi connectivity index (χ1v) is 10.3. The van der Waals surface area contributed by atoms with E-state index in [-0.39, 0.29) is 30.0 Å². The third kappa shape index (κ3) is 5.88. The molecule has 1 atom stereocenters. The summed E-state index contributed by atoms with van der Waals surface area (Å²) in [6.45, 7) is 4.30. The normalized spacial score (nSPS) is 16.2. The van der Waals surface area contributed by atoms with Crippen molar-refractivity contribution < 1.29 is 4.42 Å². The maximum absolute atomic E-state index is 6.28. The van der Waals surface area contributed by atoms with Crippen molar-refractivity contribution in [2.45, 2.75) is 25.9 Å². The van der Waals surface area contributed by atoms with Gasteiger partial charge in [-0.05, 0) is 37.6 Å². The van der Waals surface area contributed by atoms with E-state index >= 15 is 0 Å². The minimum Gasteiger partial charge on any atom is -0.444 e. The van der Waals surface area contributed by atoms with Crippen LogP contribution in [0.15, 0.2) is 58.3 Å². The molecule has 4 rings (SSSR count). The van der Waals surface area contributed by atoms with Crippen molar-refractivity contribution in [3.05, 3.63) is 65.1 Å². The van der Waals surface area contributed by atoms with Crippen LogP contribution in [0.5, 0.6) is 0 Å². The third-order valence-electron chi connectivity index (χ3n) is 5.08. The molecule has 3 aromatic rings. The Morgan fingerprint density at radius 1 is 1.29 bits per heavy atom. The van der Waals surface area contributed by atoms with Gasteiger partial charge in [0.25, 0.3) is 0 Å². The SMILES string of the molecule is CN=C(NCc1coc(-c2ccc(C)cc2)n1)NC1CCN(c2ncccc2Cl)C1.I. The Bertz CT molecular complexity index is 1020. The number of pyridine rings is 1. The van der Waals surface area contributed by atoms with Gasteiger partial charge < -0.3 is 20.0 Å². The summed E-state index contributed by atoms with van der Waals surface area (Å²) >= 11 is 6.28. The Morgan fingerprint density at radius 3 is 2.84 bits per heavy atom. The van der Waals surface area contributed by atoms with Gasteiger partial charge in [0.05, 0.1) is 17.3 Å². The van der Waals surface area contributed by atoms with Crippen molar-refractivity contribution in [3.8, 4) is 11.5 Å². The van der Waals surface area contributed by atoms with Crippen LogP contribution in [-0.4, -0.2) is 42.1 Å². The van der Waals surface area contributed by atoms with Crippen LogP contribution in [0.3, 0.4) is 0 Å². The van der Waals surface area contributed by atoms with E-state index in [4.69, 9.17) is 16.0 Å². The Balaban J connectivity index is 0.00000272. The fraction of sp³-hybridized carbons (Fsp3) is 0.318. The molecular weight excluding hydrogens is 527 g/mol. The summed E-state index contributed by atoms with van der Waals surface area (Å²) < 4.78 is 5.63. The van der Waals surface area contributed by atoms with Crippen LogP contribution in [0.2, 0.25) is 5.02 Å². The highest BCUT2D eigenvalue weighted by atomic mass is 127. The first-order valence-electron chi connectivity index (χ1n) is 9.96. The average Bonchev–Trinajstić information content (AvgIpc) is 3.42. The zero-order chi connectivity index (χ0) is 20.9. The molecule has 1 aliphatic rings. The number of oxazole rings is 1. The van der Waals surface area contributed by atoms with E-state index < -0.39 is 0 Å². The van der Waals surface area contributed by atoms with E-state index in [0.717, 1.165) is 42.5 Å². The lowest BCUT2D eigenvalue weighted by molar-refractivity contribution is 0.572. The van der Waals surface area contributed by atoms with Crippen molar-refractivity contribution >= 4 is 47.4 Å². The van der Waals surface area contributed by atoms with Gasteiger partial charge in [-0.2, -0.15) is 0 Å². The fourth-order valence-corrected chi connectivity index (χ4v) is 3.70. The van der Waals surface area contributed by atoms with Crippen LogP contribution in [-0.2, 0) is 6.54 Å². The van der Waals surface area contributed by atoms with Gasteiger partial charge >= 0.3 is 0 Å². The zero-order valence-corrected chi connectivity index (χ0v) is 20.6. The van der Waals surface area contributed by atoms with E-state index in [9.17, 15) is 0 Å². The number of halogens is 2. The van der Waals surface area contributed by atoms with Crippen molar-refractivity contribution in [3.63, 3.8) is 0 Å². The number of nitrogens with one attached hydrogen (secondary N) is 2. The van der Waals surface area contributed by atoms with E-state index in [1.54, 1.807) is 19.5 Å². The van der Waals surface area contributed by atoms with Gasteiger partial charge in [-0.15, -0.1) is 24.0 Å². The Hall–Kier alpha value is -2.33. The molecule has 1 saturated heterocycles. The predicted octanol–water partition coefficient (Wildman–Crippen LogP) is 4.26. The Kier molecular flexibility index (Phi) is 8.14. The number of hydrogen-bond acceptors (Lipinski definition) is 5. The van der Waals surface area contributed by atoms with E-state index in [2.05, 4.69) is 37.4 Å². The van der Waals surface area contributed by atoms with Gasteiger partial charge in [-0.3, -0.25) is 4.99 Å². The minimum atomic E-state index is 0. The molecule has 0 amide bonds. The largest absolute Gasteiger partial charge is 0.444 e. The van der Waals surface area contributed by atoms with E-state index in [1.165, 1.54) is 5.56 Å². The molecule has 0 bridgehead atoms. The molecule has 31 heavy (non-hydrogen) atoms. The number of rotatable bonds is 5. The van der Waals surface area contributed by atoms with Crippen molar-refractivity contribution in [1.29, 1.82) is 0 Å². The molecule has 0 spiro atoms. The highest BCUT2D eigenvalue weighted by Gasteiger charge is 2.25. The number of aryl methyl sites for hydroxylation is 1. The smallest absolute Gasteiger partial charge is 0.226 e. The summed E-state index contributed by atoms with van der Waals surface area (Å²) in [5.74, 6) is 2.18. The monoisotopic (exact) mass is 552 g/mol. The van der Waals surface area contributed by atoms with E-state index in [0.29, 0.717) is 17.5 Å². The molecule has 1 aliphatic heterocycles. The van der Waals surface area contributed by atoms with Crippen molar-refractivity contribution in [1.82, 2.24) is 20.6 Å². The van der Waals surface area contributed by atoms with Gasteiger partial charge in [-0.25, -0.2) is 9.97 Å². The van der Waals surface area contributed by atoms with Gasteiger partial charge in [0.2, 0.25) is 5.89 Å². The fourth-order valence-electron chi connectivity index (χ4n) is 3.46. The van der Waals surface area contributed by atoms with E-state index in [1.807, 2.05) is 36.4 Å². The summed E-state index contributed by atoms with van der Waals surface area (Å²) in [5, 5.41) is 7.45. The maximum Gasteiger partial charge on any atom is 0.226 e. The van der Waals surface area contributed by atoms with Crippen LogP contribution < -0.4 is 15.5 Å². The summed E-state index contributed by atoms with van der Waals surface area (Å²) in [7, 11) is 1.76. The second-order valence-electron chi connectivity index (χ2n) is 7.32. The first kappa shape index (κ1) is 23.3. The second-order valence-corrected chi connectivity index (χ2v) is 7.73. The number of nitrogens with zero attached hydrogens (tertiary/aromatic N) is 4. The third-order valence-corrected chi connectivity index (χ3v) is 5.37. The molecule has 1 unspecified atom stereocenters. The second kappa shape index (κ2) is 10.8. The molecule has 2 aromatic heterocycles.